The first-order valence-corrected chi connectivity index (χ1v) is 5.78. The molecule has 0 heterocycles. The Kier molecular flexibility index (Phi) is 5.12. The van der Waals surface area contributed by atoms with Gasteiger partial charge in [0.2, 0.25) is 5.91 Å². The lowest BCUT2D eigenvalue weighted by Crippen LogP contribution is -2.24. The van der Waals surface area contributed by atoms with Crippen molar-refractivity contribution in [2.75, 3.05) is 18.4 Å². The Hall–Kier alpha value is -1.22. The normalized spacial score (nSPS) is 9.94. The molecule has 0 unspecified atom stereocenters. The highest BCUT2D eigenvalue weighted by Crippen LogP contribution is 2.22. The van der Waals surface area contributed by atoms with E-state index in [1.807, 2.05) is 32.0 Å². The molecule has 0 aromatic heterocycles. The van der Waals surface area contributed by atoms with Crippen LogP contribution < -0.4 is 10.6 Å². The smallest absolute Gasteiger partial charge is 0.221 e. The van der Waals surface area contributed by atoms with E-state index in [4.69, 9.17) is 11.6 Å². The maximum atomic E-state index is 11.2. The number of benzene rings is 1. The average molecular weight is 241 g/mol. The number of amides is 1. The van der Waals surface area contributed by atoms with E-state index in [1.165, 1.54) is 0 Å². The second-order valence-electron chi connectivity index (χ2n) is 3.61. The van der Waals surface area contributed by atoms with E-state index >= 15 is 0 Å². The molecule has 4 heteroatoms. The second kappa shape index (κ2) is 6.38. The van der Waals surface area contributed by atoms with Crippen molar-refractivity contribution in [2.45, 2.75) is 20.3 Å². The fourth-order valence-electron chi connectivity index (χ4n) is 1.36. The minimum Gasteiger partial charge on any atom is -0.383 e. The van der Waals surface area contributed by atoms with E-state index in [-0.39, 0.29) is 5.91 Å². The molecule has 0 aliphatic carbocycles. The van der Waals surface area contributed by atoms with E-state index in [0.29, 0.717) is 24.5 Å². The third kappa shape index (κ3) is 4.11. The lowest BCUT2D eigenvalue weighted by atomic mass is 10.2. The summed E-state index contributed by atoms with van der Waals surface area (Å²) in [5.74, 6) is 0.0539. The molecule has 0 radical (unpaired) electrons. The summed E-state index contributed by atoms with van der Waals surface area (Å²) < 4.78 is 0. The molecule has 0 aliphatic heterocycles. The van der Waals surface area contributed by atoms with Gasteiger partial charge in [0.1, 0.15) is 0 Å². The van der Waals surface area contributed by atoms with Crippen LogP contribution in [0.5, 0.6) is 0 Å². The number of carbonyl (C=O) groups excluding carboxylic acids is 1. The highest BCUT2D eigenvalue weighted by molar-refractivity contribution is 6.33. The van der Waals surface area contributed by atoms with Crippen LogP contribution in [0.3, 0.4) is 0 Å². The first kappa shape index (κ1) is 12.8. The first-order chi connectivity index (χ1) is 7.63. The Morgan fingerprint density at radius 2 is 2.19 bits per heavy atom. The molecule has 1 aromatic rings. The third-order valence-corrected chi connectivity index (χ3v) is 2.48. The maximum absolute atomic E-state index is 11.2. The van der Waals surface area contributed by atoms with Crippen molar-refractivity contribution in [1.29, 1.82) is 0 Å². The van der Waals surface area contributed by atoms with E-state index in [2.05, 4.69) is 10.6 Å². The van der Waals surface area contributed by atoms with Crippen molar-refractivity contribution in [3.05, 3.63) is 28.8 Å². The summed E-state index contributed by atoms with van der Waals surface area (Å²) in [4.78, 5) is 11.2. The topological polar surface area (TPSA) is 41.1 Å². The lowest BCUT2D eigenvalue weighted by molar-refractivity contribution is -0.120. The van der Waals surface area contributed by atoms with Crippen LogP contribution in [0.15, 0.2) is 18.2 Å². The van der Waals surface area contributed by atoms with Crippen LogP contribution in [-0.2, 0) is 4.79 Å². The van der Waals surface area contributed by atoms with Crippen LogP contribution in [0.1, 0.15) is 18.9 Å². The highest BCUT2D eigenvalue weighted by atomic mass is 35.5. The van der Waals surface area contributed by atoms with Gasteiger partial charge in [0.15, 0.2) is 0 Å². The number of hydrogen-bond acceptors (Lipinski definition) is 2. The fourth-order valence-corrected chi connectivity index (χ4v) is 1.66. The van der Waals surface area contributed by atoms with Gasteiger partial charge in [-0.2, -0.15) is 0 Å². The van der Waals surface area contributed by atoms with Gasteiger partial charge < -0.3 is 10.6 Å². The molecule has 0 saturated heterocycles. The van der Waals surface area contributed by atoms with Crippen LogP contribution in [0, 0.1) is 6.92 Å². The summed E-state index contributed by atoms with van der Waals surface area (Å²) in [5.41, 5.74) is 2.00. The Morgan fingerprint density at radius 3 is 2.81 bits per heavy atom. The quantitative estimate of drug-likeness (QED) is 0.831. The van der Waals surface area contributed by atoms with E-state index in [0.717, 1.165) is 11.3 Å². The number of hydrogen-bond donors (Lipinski definition) is 2. The summed E-state index contributed by atoms with van der Waals surface area (Å²) >= 11 is 6.04. The molecule has 3 nitrogen and oxygen atoms in total. The van der Waals surface area contributed by atoms with E-state index in [1.54, 1.807) is 0 Å². The van der Waals surface area contributed by atoms with Gasteiger partial charge in [-0.05, 0) is 31.5 Å². The summed E-state index contributed by atoms with van der Waals surface area (Å²) in [6, 6.07) is 5.81. The van der Waals surface area contributed by atoms with Crippen LogP contribution in [-0.4, -0.2) is 19.0 Å². The predicted octanol–water partition coefficient (Wildman–Crippen LogP) is 2.59. The zero-order valence-electron chi connectivity index (χ0n) is 9.64. The number of carbonyl (C=O) groups is 1. The summed E-state index contributed by atoms with van der Waals surface area (Å²) in [6.45, 7) is 5.16. The largest absolute Gasteiger partial charge is 0.383 e. The molecule has 0 spiro atoms. The predicted molar refractivity (Wildman–Crippen MR) is 68.0 cm³/mol. The zero-order chi connectivity index (χ0) is 12.0. The molecule has 1 rings (SSSR count). The Balaban J connectivity index is 2.40. The number of rotatable bonds is 5. The van der Waals surface area contributed by atoms with Crippen molar-refractivity contribution in [2.24, 2.45) is 0 Å². The van der Waals surface area contributed by atoms with Gasteiger partial charge >= 0.3 is 0 Å². The monoisotopic (exact) mass is 240 g/mol. The molecular weight excluding hydrogens is 224 g/mol. The first-order valence-electron chi connectivity index (χ1n) is 5.40. The molecule has 0 fully saturated rings. The zero-order valence-corrected chi connectivity index (χ0v) is 10.4. The standard InChI is InChI=1S/C12H17ClN2O/c1-3-14-12(16)6-7-15-11-5-4-9(2)8-10(11)13/h4-5,8,15H,3,6-7H2,1-2H3,(H,14,16). The molecule has 0 bridgehead atoms. The SMILES string of the molecule is CCNC(=O)CCNc1ccc(C)cc1Cl. The molecule has 0 atom stereocenters. The Morgan fingerprint density at radius 1 is 1.44 bits per heavy atom. The Labute approximate surface area is 101 Å². The lowest BCUT2D eigenvalue weighted by Gasteiger charge is -2.08. The minimum atomic E-state index is 0.0539. The number of aryl methyl sites for hydroxylation is 1. The number of nitrogens with one attached hydrogen (secondary N) is 2. The molecule has 0 saturated carbocycles. The number of anilines is 1. The highest BCUT2D eigenvalue weighted by Gasteiger charge is 2.01. The maximum Gasteiger partial charge on any atom is 0.221 e. The molecule has 16 heavy (non-hydrogen) atoms. The van der Waals surface area contributed by atoms with Gasteiger partial charge in [-0.25, -0.2) is 0 Å². The number of halogens is 1. The summed E-state index contributed by atoms with van der Waals surface area (Å²) in [5, 5.41) is 6.57. The van der Waals surface area contributed by atoms with Gasteiger partial charge in [-0.15, -0.1) is 0 Å². The van der Waals surface area contributed by atoms with E-state index < -0.39 is 0 Å². The second-order valence-corrected chi connectivity index (χ2v) is 4.02. The minimum absolute atomic E-state index is 0.0539. The van der Waals surface area contributed by atoms with Crippen molar-refractivity contribution in [3.8, 4) is 0 Å². The molecule has 0 aliphatic rings. The average Bonchev–Trinajstić information content (AvgIpc) is 2.22. The van der Waals surface area contributed by atoms with Crippen LogP contribution >= 0.6 is 11.6 Å². The van der Waals surface area contributed by atoms with E-state index in [9.17, 15) is 4.79 Å². The van der Waals surface area contributed by atoms with Gasteiger partial charge in [0.25, 0.3) is 0 Å². The van der Waals surface area contributed by atoms with Gasteiger partial charge in [0, 0.05) is 19.5 Å². The molecular formula is C12H17ClN2O. The molecule has 2 N–H and O–H groups in total. The van der Waals surface area contributed by atoms with Crippen molar-refractivity contribution in [3.63, 3.8) is 0 Å². The van der Waals surface area contributed by atoms with Gasteiger partial charge in [-0.1, -0.05) is 17.7 Å². The van der Waals surface area contributed by atoms with Crippen LogP contribution in [0.25, 0.3) is 0 Å². The summed E-state index contributed by atoms with van der Waals surface area (Å²) in [7, 11) is 0. The molecule has 1 amide bonds. The van der Waals surface area contributed by atoms with Crippen LogP contribution in [0.4, 0.5) is 5.69 Å². The van der Waals surface area contributed by atoms with Crippen molar-refractivity contribution < 1.29 is 4.79 Å². The van der Waals surface area contributed by atoms with Crippen molar-refractivity contribution in [1.82, 2.24) is 5.32 Å². The third-order valence-electron chi connectivity index (χ3n) is 2.17. The van der Waals surface area contributed by atoms with Crippen LogP contribution in [0.2, 0.25) is 5.02 Å². The molecule has 1 aromatic carbocycles. The molecule has 88 valence electrons. The summed E-state index contributed by atoms with van der Waals surface area (Å²) in [6.07, 6.45) is 0.456. The van der Waals surface area contributed by atoms with Crippen molar-refractivity contribution >= 4 is 23.2 Å². The van der Waals surface area contributed by atoms with Gasteiger partial charge in [-0.3, -0.25) is 4.79 Å². The van der Waals surface area contributed by atoms with Gasteiger partial charge in [0.05, 0.1) is 10.7 Å². The Bertz CT molecular complexity index is 366. The fraction of sp³-hybridized carbons (Fsp3) is 0.417.